The number of carbonyl (C=O) groups excluding carboxylic acids is 1. The minimum Gasteiger partial charge on any atom is -0.493 e. The molecule has 1 N–H and O–H groups in total. The van der Waals surface area contributed by atoms with Gasteiger partial charge in [0.25, 0.3) is 5.91 Å². The molecule has 2 aromatic rings. The first-order chi connectivity index (χ1) is 11.3. The van der Waals surface area contributed by atoms with Crippen molar-refractivity contribution in [2.75, 3.05) is 19.9 Å². The van der Waals surface area contributed by atoms with E-state index in [2.05, 4.69) is 5.32 Å². The molecule has 1 amide bonds. The molecule has 0 aromatic heterocycles. The standard InChI is InChI=1S/C18H19NO4/c1-2-21-15-6-4-3-5-14(15)18(20)19-10-9-13-7-8-16-17(11-13)23-12-22-16/h3-8,11H,2,9-10,12H2,1H3,(H,19,20). The van der Waals surface area contributed by atoms with E-state index in [-0.39, 0.29) is 12.7 Å². The molecule has 0 saturated heterocycles. The van der Waals surface area contributed by atoms with Crippen LogP contribution in [0.1, 0.15) is 22.8 Å². The van der Waals surface area contributed by atoms with Crippen LogP contribution in [0.4, 0.5) is 0 Å². The van der Waals surface area contributed by atoms with Gasteiger partial charge in [-0.2, -0.15) is 0 Å². The van der Waals surface area contributed by atoms with Crippen LogP contribution in [0.25, 0.3) is 0 Å². The van der Waals surface area contributed by atoms with Crippen molar-refractivity contribution in [1.82, 2.24) is 5.32 Å². The number of ether oxygens (including phenoxy) is 3. The predicted octanol–water partition coefficient (Wildman–Crippen LogP) is 2.79. The molecule has 5 nitrogen and oxygen atoms in total. The summed E-state index contributed by atoms with van der Waals surface area (Å²) in [6.07, 6.45) is 0.721. The fraction of sp³-hybridized carbons (Fsp3) is 0.278. The number of rotatable bonds is 6. The lowest BCUT2D eigenvalue weighted by Crippen LogP contribution is -2.26. The SMILES string of the molecule is CCOc1ccccc1C(=O)NCCc1ccc2c(c1)OCO2. The summed E-state index contributed by atoms with van der Waals surface area (Å²) >= 11 is 0. The first-order valence-corrected chi connectivity index (χ1v) is 7.66. The molecule has 120 valence electrons. The largest absolute Gasteiger partial charge is 0.493 e. The van der Waals surface area contributed by atoms with E-state index in [9.17, 15) is 4.79 Å². The number of nitrogens with one attached hydrogen (secondary N) is 1. The molecule has 0 unspecified atom stereocenters. The minimum atomic E-state index is -0.130. The van der Waals surface area contributed by atoms with Gasteiger partial charge in [0.1, 0.15) is 5.75 Å². The zero-order valence-corrected chi connectivity index (χ0v) is 13.0. The molecule has 0 radical (unpaired) electrons. The number of fused-ring (bicyclic) bond motifs is 1. The Morgan fingerprint density at radius 2 is 2.00 bits per heavy atom. The molecule has 0 saturated carbocycles. The maximum Gasteiger partial charge on any atom is 0.255 e. The lowest BCUT2D eigenvalue weighted by Gasteiger charge is -2.10. The zero-order valence-electron chi connectivity index (χ0n) is 13.0. The quantitative estimate of drug-likeness (QED) is 0.891. The molecule has 23 heavy (non-hydrogen) atoms. The Bertz CT molecular complexity index is 699. The van der Waals surface area contributed by atoms with Crippen LogP contribution in [0.5, 0.6) is 17.2 Å². The third-order valence-electron chi connectivity index (χ3n) is 3.57. The number of hydrogen-bond donors (Lipinski definition) is 1. The Hall–Kier alpha value is -2.69. The van der Waals surface area contributed by atoms with E-state index in [1.807, 2.05) is 37.3 Å². The molecule has 0 atom stereocenters. The first kappa shape index (κ1) is 15.2. The second-order valence-electron chi connectivity index (χ2n) is 5.12. The Morgan fingerprint density at radius 3 is 2.87 bits per heavy atom. The summed E-state index contributed by atoms with van der Waals surface area (Å²) < 4.78 is 16.1. The maximum atomic E-state index is 12.3. The van der Waals surface area contributed by atoms with Crippen molar-refractivity contribution in [2.24, 2.45) is 0 Å². The lowest BCUT2D eigenvalue weighted by atomic mass is 10.1. The molecule has 0 bridgehead atoms. The van der Waals surface area contributed by atoms with Gasteiger partial charge in [-0.15, -0.1) is 0 Å². The molecule has 3 rings (SSSR count). The van der Waals surface area contributed by atoms with Crippen LogP contribution in [-0.2, 0) is 6.42 Å². The van der Waals surface area contributed by atoms with Crippen LogP contribution >= 0.6 is 0 Å². The van der Waals surface area contributed by atoms with E-state index in [1.165, 1.54) is 0 Å². The number of para-hydroxylation sites is 1. The van der Waals surface area contributed by atoms with Gasteiger partial charge in [0.05, 0.1) is 12.2 Å². The van der Waals surface area contributed by atoms with Crippen molar-refractivity contribution in [1.29, 1.82) is 0 Å². The van der Waals surface area contributed by atoms with Crippen molar-refractivity contribution in [2.45, 2.75) is 13.3 Å². The fourth-order valence-corrected chi connectivity index (χ4v) is 2.45. The van der Waals surface area contributed by atoms with Gasteiger partial charge in [0.2, 0.25) is 6.79 Å². The normalized spacial score (nSPS) is 12.0. The highest BCUT2D eigenvalue weighted by Gasteiger charge is 2.14. The summed E-state index contributed by atoms with van der Waals surface area (Å²) in [5.41, 5.74) is 1.65. The molecule has 1 aliphatic heterocycles. The first-order valence-electron chi connectivity index (χ1n) is 7.66. The average Bonchev–Trinajstić information content (AvgIpc) is 3.03. The predicted molar refractivity (Wildman–Crippen MR) is 86.2 cm³/mol. The van der Waals surface area contributed by atoms with Gasteiger partial charge in [-0.25, -0.2) is 0 Å². The van der Waals surface area contributed by atoms with Gasteiger partial charge in [0, 0.05) is 6.54 Å². The van der Waals surface area contributed by atoms with Crippen LogP contribution < -0.4 is 19.5 Å². The van der Waals surface area contributed by atoms with Crippen molar-refractivity contribution in [3.63, 3.8) is 0 Å². The van der Waals surface area contributed by atoms with Gasteiger partial charge in [-0.1, -0.05) is 18.2 Å². The van der Waals surface area contributed by atoms with E-state index in [1.54, 1.807) is 12.1 Å². The molecule has 1 aliphatic rings. The molecule has 1 heterocycles. The van der Waals surface area contributed by atoms with E-state index in [4.69, 9.17) is 14.2 Å². The van der Waals surface area contributed by atoms with Crippen molar-refractivity contribution in [3.05, 3.63) is 53.6 Å². The minimum absolute atomic E-state index is 0.130. The second-order valence-corrected chi connectivity index (χ2v) is 5.12. The highest BCUT2D eigenvalue weighted by Crippen LogP contribution is 2.32. The summed E-state index contributed by atoms with van der Waals surface area (Å²) in [7, 11) is 0. The summed E-state index contributed by atoms with van der Waals surface area (Å²) in [6, 6.07) is 13.1. The summed E-state index contributed by atoms with van der Waals surface area (Å²) in [5.74, 6) is 2.00. The van der Waals surface area contributed by atoms with Crippen LogP contribution in [0, 0.1) is 0 Å². The van der Waals surface area contributed by atoms with Crippen molar-refractivity contribution >= 4 is 5.91 Å². The average molecular weight is 313 g/mol. The Morgan fingerprint density at radius 1 is 1.17 bits per heavy atom. The van der Waals surface area contributed by atoms with Gasteiger partial charge in [-0.3, -0.25) is 4.79 Å². The number of benzene rings is 2. The number of amides is 1. The van der Waals surface area contributed by atoms with Gasteiger partial charge < -0.3 is 19.5 Å². The molecule has 0 spiro atoms. The Kier molecular flexibility index (Phi) is 4.66. The van der Waals surface area contributed by atoms with E-state index in [0.717, 1.165) is 23.5 Å². The van der Waals surface area contributed by atoms with E-state index >= 15 is 0 Å². The molecule has 2 aromatic carbocycles. The Labute approximate surface area is 135 Å². The maximum absolute atomic E-state index is 12.3. The topological polar surface area (TPSA) is 56.8 Å². The van der Waals surface area contributed by atoms with Crippen molar-refractivity contribution < 1.29 is 19.0 Å². The molecule has 5 heteroatoms. The van der Waals surface area contributed by atoms with Gasteiger partial charge >= 0.3 is 0 Å². The lowest BCUT2D eigenvalue weighted by molar-refractivity contribution is 0.0950. The number of carbonyl (C=O) groups is 1. The molecule has 0 fully saturated rings. The third kappa shape index (κ3) is 3.56. The fourth-order valence-electron chi connectivity index (χ4n) is 2.45. The zero-order chi connectivity index (χ0) is 16.1. The van der Waals surface area contributed by atoms with Crippen molar-refractivity contribution in [3.8, 4) is 17.2 Å². The highest BCUT2D eigenvalue weighted by atomic mass is 16.7. The van der Waals surface area contributed by atoms with Gasteiger partial charge in [-0.05, 0) is 43.2 Å². The molecular formula is C18H19NO4. The van der Waals surface area contributed by atoms with Crippen LogP contribution in [0.15, 0.2) is 42.5 Å². The molecular weight excluding hydrogens is 294 g/mol. The Balaban J connectivity index is 1.57. The van der Waals surface area contributed by atoms with E-state index in [0.29, 0.717) is 24.5 Å². The smallest absolute Gasteiger partial charge is 0.255 e. The summed E-state index contributed by atoms with van der Waals surface area (Å²) in [5, 5.41) is 2.92. The van der Waals surface area contributed by atoms with Crippen LogP contribution in [0.2, 0.25) is 0 Å². The second kappa shape index (κ2) is 7.05. The van der Waals surface area contributed by atoms with E-state index < -0.39 is 0 Å². The summed E-state index contributed by atoms with van der Waals surface area (Å²) in [6.45, 7) is 3.23. The summed E-state index contributed by atoms with van der Waals surface area (Å²) in [4.78, 5) is 12.3. The third-order valence-corrected chi connectivity index (χ3v) is 3.57. The highest BCUT2D eigenvalue weighted by molar-refractivity contribution is 5.96. The monoisotopic (exact) mass is 313 g/mol. The number of hydrogen-bond acceptors (Lipinski definition) is 4. The van der Waals surface area contributed by atoms with Gasteiger partial charge in [0.15, 0.2) is 11.5 Å². The van der Waals surface area contributed by atoms with Crippen LogP contribution in [0.3, 0.4) is 0 Å². The van der Waals surface area contributed by atoms with Crippen LogP contribution in [-0.4, -0.2) is 25.9 Å². The molecule has 0 aliphatic carbocycles.